The van der Waals surface area contributed by atoms with Gasteiger partial charge >= 0.3 is 0 Å². The molecule has 0 N–H and O–H groups in total. The SMILES string of the molecule is Cc1c(Br)cccc1C(=O)N1CCOC(COc2cccc3c2CCC3=O)C1. The van der Waals surface area contributed by atoms with Gasteiger partial charge in [0.2, 0.25) is 0 Å². The third-order valence-electron chi connectivity index (χ3n) is 5.38. The molecule has 0 aromatic heterocycles. The summed E-state index contributed by atoms with van der Waals surface area (Å²) in [6.45, 7) is 3.83. The van der Waals surface area contributed by atoms with Gasteiger partial charge in [-0.05, 0) is 37.1 Å². The number of Topliss-reactive ketones (excluding diaryl/α,β-unsaturated/α-hetero) is 1. The van der Waals surface area contributed by atoms with Crippen LogP contribution in [0.5, 0.6) is 5.75 Å². The van der Waals surface area contributed by atoms with Crippen molar-refractivity contribution in [3.8, 4) is 5.75 Å². The van der Waals surface area contributed by atoms with E-state index in [2.05, 4.69) is 15.9 Å². The minimum absolute atomic E-state index is 0.0123. The van der Waals surface area contributed by atoms with Crippen LogP contribution in [-0.2, 0) is 11.2 Å². The predicted octanol–water partition coefficient (Wildman–Crippen LogP) is 3.81. The molecule has 0 saturated carbocycles. The van der Waals surface area contributed by atoms with Gasteiger partial charge in [0.1, 0.15) is 18.5 Å². The summed E-state index contributed by atoms with van der Waals surface area (Å²) in [6, 6.07) is 11.3. The molecular weight excluding hydrogens is 422 g/mol. The maximum Gasteiger partial charge on any atom is 0.254 e. The zero-order valence-electron chi connectivity index (χ0n) is 15.7. The fraction of sp³-hybridized carbons (Fsp3) is 0.364. The van der Waals surface area contributed by atoms with E-state index in [4.69, 9.17) is 9.47 Å². The van der Waals surface area contributed by atoms with Crippen LogP contribution in [0.1, 0.15) is 38.3 Å². The van der Waals surface area contributed by atoms with Gasteiger partial charge in [0.05, 0.1) is 13.2 Å². The van der Waals surface area contributed by atoms with E-state index in [-0.39, 0.29) is 17.8 Å². The van der Waals surface area contributed by atoms with Crippen molar-refractivity contribution in [2.24, 2.45) is 0 Å². The van der Waals surface area contributed by atoms with Gasteiger partial charge in [-0.2, -0.15) is 0 Å². The van der Waals surface area contributed by atoms with Gasteiger partial charge in [-0.25, -0.2) is 0 Å². The molecule has 0 bridgehead atoms. The van der Waals surface area contributed by atoms with Crippen LogP contribution in [0.3, 0.4) is 0 Å². The largest absolute Gasteiger partial charge is 0.491 e. The standard InChI is InChI=1S/C22H22BrNO4/c1-14-16(4-2-6-19(14)23)22(26)24-10-11-27-15(12-24)13-28-21-7-3-5-17-18(21)8-9-20(17)25/h2-7,15H,8-13H2,1H3. The van der Waals surface area contributed by atoms with Crippen molar-refractivity contribution in [2.45, 2.75) is 25.9 Å². The number of amides is 1. The van der Waals surface area contributed by atoms with Crippen LogP contribution in [0.4, 0.5) is 0 Å². The highest BCUT2D eigenvalue weighted by Gasteiger charge is 2.28. The molecule has 146 valence electrons. The van der Waals surface area contributed by atoms with E-state index in [1.807, 2.05) is 48.2 Å². The van der Waals surface area contributed by atoms with E-state index in [9.17, 15) is 9.59 Å². The van der Waals surface area contributed by atoms with Crippen LogP contribution in [0, 0.1) is 6.92 Å². The summed E-state index contributed by atoms with van der Waals surface area (Å²) in [5, 5.41) is 0. The maximum atomic E-state index is 13.0. The van der Waals surface area contributed by atoms with Crippen LogP contribution in [0.2, 0.25) is 0 Å². The Labute approximate surface area is 172 Å². The number of ether oxygens (including phenoxy) is 2. The van der Waals surface area contributed by atoms with Crippen molar-refractivity contribution in [3.05, 3.63) is 63.1 Å². The normalized spacial score (nSPS) is 18.9. The molecule has 2 aromatic rings. The Bertz CT molecular complexity index is 927. The van der Waals surface area contributed by atoms with Crippen molar-refractivity contribution in [1.29, 1.82) is 0 Å². The van der Waals surface area contributed by atoms with Crippen LogP contribution in [-0.4, -0.2) is 49.0 Å². The van der Waals surface area contributed by atoms with Crippen LogP contribution < -0.4 is 4.74 Å². The average molecular weight is 444 g/mol. The lowest BCUT2D eigenvalue weighted by Gasteiger charge is -2.33. The highest BCUT2D eigenvalue weighted by molar-refractivity contribution is 9.10. The van der Waals surface area contributed by atoms with Crippen LogP contribution in [0.15, 0.2) is 40.9 Å². The number of hydrogen-bond acceptors (Lipinski definition) is 4. The van der Waals surface area contributed by atoms with E-state index in [1.54, 1.807) is 0 Å². The molecule has 1 fully saturated rings. The first-order valence-electron chi connectivity index (χ1n) is 9.48. The Hall–Kier alpha value is -2.18. The zero-order valence-corrected chi connectivity index (χ0v) is 17.3. The number of halogens is 1. The number of morpholine rings is 1. The molecule has 0 radical (unpaired) electrons. The van der Waals surface area contributed by atoms with Crippen molar-refractivity contribution < 1.29 is 19.1 Å². The smallest absolute Gasteiger partial charge is 0.254 e. The second-order valence-electron chi connectivity index (χ2n) is 7.17. The monoisotopic (exact) mass is 443 g/mol. The predicted molar refractivity (Wildman–Crippen MR) is 109 cm³/mol. The van der Waals surface area contributed by atoms with Crippen molar-refractivity contribution >= 4 is 27.6 Å². The lowest BCUT2D eigenvalue weighted by Crippen LogP contribution is -2.47. The molecule has 6 heteroatoms. The summed E-state index contributed by atoms with van der Waals surface area (Å²) in [5.41, 5.74) is 3.40. The van der Waals surface area contributed by atoms with E-state index in [0.717, 1.165) is 33.3 Å². The first kappa shape index (κ1) is 19.2. The molecule has 1 heterocycles. The average Bonchev–Trinajstić information content (AvgIpc) is 3.10. The van der Waals surface area contributed by atoms with E-state index in [1.165, 1.54) is 0 Å². The fourth-order valence-corrected chi connectivity index (χ4v) is 4.16. The van der Waals surface area contributed by atoms with E-state index in [0.29, 0.717) is 38.3 Å². The number of fused-ring (bicyclic) bond motifs is 1. The molecule has 4 rings (SSSR count). The molecule has 1 aliphatic heterocycles. The number of rotatable bonds is 4. The molecule has 1 aliphatic carbocycles. The van der Waals surface area contributed by atoms with Crippen molar-refractivity contribution in [3.63, 3.8) is 0 Å². The van der Waals surface area contributed by atoms with Gasteiger partial charge in [0, 0.05) is 34.1 Å². The lowest BCUT2D eigenvalue weighted by atomic mass is 10.1. The van der Waals surface area contributed by atoms with Crippen molar-refractivity contribution in [2.75, 3.05) is 26.3 Å². The zero-order chi connectivity index (χ0) is 19.7. The number of ketones is 1. The molecule has 2 aromatic carbocycles. The number of hydrogen-bond donors (Lipinski definition) is 0. The second-order valence-corrected chi connectivity index (χ2v) is 8.03. The van der Waals surface area contributed by atoms with Gasteiger partial charge in [0.15, 0.2) is 5.78 Å². The molecule has 1 atom stereocenters. The van der Waals surface area contributed by atoms with Gasteiger partial charge in [-0.1, -0.05) is 34.1 Å². The highest BCUT2D eigenvalue weighted by Crippen LogP contribution is 2.30. The van der Waals surface area contributed by atoms with E-state index >= 15 is 0 Å². The molecule has 0 spiro atoms. The molecule has 1 saturated heterocycles. The van der Waals surface area contributed by atoms with Crippen LogP contribution in [0.25, 0.3) is 0 Å². The summed E-state index contributed by atoms with van der Waals surface area (Å²) < 4.78 is 12.7. The minimum Gasteiger partial charge on any atom is -0.491 e. The minimum atomic E-state index is -0.196. The van der Waals surface area contributed by atoms with Gasteiger partial charge < -0.3 is 14.4 Å². The number of nitrogens with zero attached hydrogens (tertiary/aromatic N) is 1. The highest BCUT2D eigenvalue weighted by atomic mass is 79.9. The lowest BCUT2D eigenvalue weighted by molar-refractivity contribution is -0.0402. The Balaban J connectivity index is 1.42. The summed E-state index contributed by atoms with van der Waals surface area (Å²) in [7, 11) is 0. The molecule has 28 heavy (non-hydrogen) atoms. The van der Waals surface area contributed by atoms with Crippen LogP contribution >= 0.6 is 15.9 Å². The third-order valence-corrected chi connectivity index (χ3v) is 6.24. The molecule has 2 aliphatic rings. The topological polar surface area (TPSA) is 55.8 Å². The first-order valence-corrected chi connectivity index (χ1v) is 10.3. The maximum absolute atomic E-state index is 13.0. The van der Waals surface area contributed by atoms with Gasteiger partial charge in [-0.3, -0.25) is 9.59 Å². The third kappa shape index (κ3) is 3.71. The molecule has 5 nitrogen and oxygen atoms in total. The number of carbonyl (C=O) groups is 2. The van der Waals surface area contributed by atoms with E-state index < -0.39 is 0 Å². The summed E-state index contributed by atoms with van der Waals surface area (Å²) in [4.78, 5) is 26.7. The second kappa shape index (κ2) is 8.05. The quantitative estimate of drug-likeness (QED) is 0.720. The Morgan fingerprint density at radius 3 is 2.93 bits per heavy atom. The molecule has 1 unspecified atom stereocenters. The Morgan fingerprint density at radius 2 is 2.07 bits per heavy atom. The summed E-state index contributed by atoms with van der Waals surface area (Å²) >= 11 is 3.49. The fourth-order valence-electron chi connectivity index (χ4n) is 3.79. The summed E-state index contributed by atoms with van der Waals surface area (Å²) in [6.07, 6.45) is 1.07. The first-order chi connectivity index (χ1) is 13.5. The van der Waals surface area contributed by atoms with Gasteiger partial charge in [0.25, 0.3) is 5.91 Å². The van der Waals surface area contributed by atoms with Crippen molar-refractivity contribution in [1.82, 2.24) is 4.90 Å². The molecular formula is C22H22BrNO4. The number of carbonyl (C=O) groups excluding carboxylic acids is 2. The number of benzene rings is 2. The molecule has 1 amide bonds. The Morgan fingerprint density at radius 1 is 1.25 bits per heavy atom. The Kier molecular flexibility index (Phi) is 5.51. The summed E-state index contributed by atoms with van der Waals surface area (Å²) in [5.74, 6) is 0.937. The van der Waals surface area contributed by atoms with Gasteiger partial charge in [-0.15, -0.1) is 0 Å².